The molecule has 1 aromatic carbocycles. The summed E-state index contributed by atoms with van der Waals surface area (Å²) in [4.78, 5) is 18.2. The minimum atomic E-state index is -0.184. The SMILES string of the molecule is Cc1cc(NC(=O)/C=C/c2cccs2)n(-c2nc3cc4c(cc3s2)CCCC4)n1. The number of nitrogens with zero attached hydrogens (tertiary/aromatic N) is 3. The Morgan fingerprint density at radius 1 is 1.21 bits per heavy atom. The minimum Gasteiger partial charge on any atom is -0.307 e. The molecule has 146 valence electrons. The fourth-order valence-corrected chi connectivity index (χ4v) is 5.27. The van der Waals surface area contributed by atoms with Crippen LogP contribution in [0.1, 0.15) is 34.5 Å². The summed E-state index contributed by atoms with van der Waals surface area (Å²) in [6.45, 7) is 1.92. The number of benzene rings is 1. The Labute approximate surface area is 176 Å². The number of thiophene rings is 1. The molecule has 7 heteroatoms. The summed E-state index contributed by atoms with van der Waals surface area (Å²) in [6, 6.07) is 10.3. The van der Waals surface area contributed by atoms with E-state index in [1.165, 1.54) is 28.7 Å². The molecule has 29 heavy (non-hydrogen) atoms. The molecule has 0 unspecified atom stereocenters. The van der Waals surface area contributed by atoms with Crippen molar-refractivity contribution in [2.45, 2.75) is 32.6 Å². The van der Waals surface area contributed by atoms with Crippen LogP contribution in [-0.4, -0.2) is 20.7 Å². The zero-order valence-corrected chi connectivity index (χ0v) is 17.6. The molecule has 0 radical (unpaired) electrons. The van der Waals surface area contributed by atoms with E-state index in [1.807, 2.05) is 36.6 Å². The van der Waals surface area contributed by atoms with Gasteiger partial charge in [-0.15, -0.1) is 11.3 Å². The van der Waals surface area contributed by atoms with Crippen LogP contribution >= 0.6 is 22.7 Å². The van der Waals surface area contributed by atoms with Crippen molar-refractivity contribution in [2.75, 3.05) is 5.32 Å². The van der Waals surface area contributed by atoms with Gasteiger partial charge >= 0.3 is 0 Å². The molecule has 1 aliphatic carbocycles. The average Bonchev–Trinajstić information content (AvgIpc) is 3.44. The standard InChI is InChI=1S/C22H20N4OS2/c1-14-11-20(24-21(27)9-8-17-7-4-10-28-17)26(25-14)22-23-18-12-15-5-2-3-6-16(15)13-19(18)29-22/h4,7-13H,2-3,5-6H2,1H3,(H,24,27)/b9-8+. The number of thiazole rings is 1. The van der Waals surface area contributed by atoms with Gasteiger partial charge in [-0.2, -0.15) is 9.78 Å². The Hall–Kier alpha value is -2.77. The lowest BCUT2D eigenvalue weighted by molar-refractivity contribution is -0.111. The third-order valence-electron chi connectivity index (χ3n) is 5.05. The van der Waals surface area contributed by atoms with Gasteiger partial charge in [-0.3, -0.25) is 4.79 Å². The van der Waals surface area contributed by atoms with Crippen molar-refractivity contribution in [3.05, 3.63) is 63.5 Å². The van der Waals surface area contributed by atoms with Gasteiger partial charge in [0.2, 0.25) is 11.0 Å². The molecule has 0 fully saturated rings. The predicted octanol–water partition coefficient (Wildman–Crippen LogP) is 5.38. The average molecular weight is 421 g/mol. The van der Waals surface area contributed by atoms with E-state index < -0.39 is 0 Å². The fourth-order valence-electron chi connectivity index (χ4n) is 3.68. The molecule has 0 bridgehead atoms. The molecule has 5 rings (SSSR count). The van der Waals surface area contributed by atoms with Gasteiger partial charge in [0.15, 0.2) is 0 Å². The van der Waals surface area contributed by atoms with Crippen molar-refractivity contribution in [2.24, 2.45) is 0 Å². The van der Waals surface area contributed by atoms with E-state index in [4.69, 9.17) is 4.98 Å². The van der Waals surface area contributed by atoms with Crippen molar-refractivity contribution >= 4 is 50.7 Å². The van der Waals surface area contributed by atoms with Crippen molar-refractivity contribution in [3.63, 3.8) is 0 Å². The van der Waals surface area contributed by atoms with Gasteiger partial charge in [-0.05, 0) is 73.4 Å². The quantitative estimate of drug-likeness (QED) is 0.451. The molecule has 0 aliphatic heterocycles. The maximum absolute atomic E-state index is 12.4. The molecule has 0 spiro atoms. The number of fused-ring (bicyclic) bond motifs is 2. The van der Waals surface area contributed by atoms with E-state index in [1.54, 1.807) is 33.4 Å². The van der Waals surface area contributed by atoms with Crippen LogP contribution in [0, 0.1) is 6.92 Å². The summed E-state index contributed by atoms with van der Waals surface area (Å²) in [7, 11) is 0. The van der Waals surface area contributed by atoms with E-state index >= 15 is 0 Å². The lowest BCUT2D eigenvalue weighted by Gasteiger charge is -2.14. The lowest BCUT2D eigenvalue weighted by atomic mass is 9.92. The number of hydrogen-bond donors (Lipinski definition) is 1. The van der Waals surface area contributed by atoms with Crippen LogP contribution in [0.2, 0.25) is 0 Å². The maximum atomic E-state index is 12.4. The molecule has 1 aliphatic rings. The lowest BCUT2D eigenvalue weighted by Crippen LogP contribution is -2.12. The van der Waals surface area contributed by atoms with Gasteiger partial charge < -0.3 is 5.32 Å². The second-order valence-electron chi connectivity index (χ2n) is 7.21. The van der Waals surface area contributed by atoms with Gasteiger partial charge in [-0.25, -0.2) is 4.98 Å². The Morgan fingerprint density at radius 3 is 2.83 bits per heavy atom. The molecule has 3 heterocycles. The minimum absolute atomic E-state index is 0.184. The number of amides is 1. The fraction of sp³-hybridized carbons (Fsp3) is 0.227. The van der Waals surface area contributed by atoms with E-state index in [-0.39, 0.29) is 5.91 Å². The van der Waals surface area contributed by atoms with Crippen molar-refractivity contribution in [3.8, 4) is 5.13 Å². The Morgan fingerprint density at radius 2 is 2.03 bits per heavy atom. The van der Waals surface area contributed by atoms with Crippen molar-refractivity contribution in [1.29, 1.82) is 0 Å². The van der Waals surface area contributed by atoms with E-state index in [0.29, 0.717) is 5.82 Å². The molecule has 4 aromatic rings. The summed E-state index contributed by atoms with van der Waals surface area (Å²) in [5, 5.41) is 10.3. The van der Waals surface area contributed by atoms with Crippen LogP contribution in [0.3, 0.4) is 0 Å². The number of carbonyl (C=O) groups excluding carboxylic acids is 1. The Kier molecular flexibility index (Phi) is 4.77. The number of anilines is 1. The van der Waals surface area contributed by atoms with Crippen LogP contribution in [-0.2, 0) is 17.6 Å². The van der Waals surface area contributed by atoms with E-state index in [2.05, 4.69) is 22.5 Å². The molecular weight excluding hydrogens is 400 g/mol. The third-order valence-corrected chi connectivity index (χ3v) is 6.88. The van der Waals surface area contributed by atoms with Gasteiger partial charge in [0.05, 0.1) is 15.9 Å². The van der Waals surface area contributed by atoms with E-state index in [9.17, 15) is 4.79 Å². The molecule has 5 nitrogen and oxygen atoms in total. The molecule has 0 saturated carbocycles. The maximum Gasteiger partial charge on any atom is 0.249 e. The second kappa shape index (κ2) is 7.57. The first-order valence-corrected chi connectivity index (χ1v) is 11.4. The third kappa shape index (κ3) is 3.75. The molecular formula is C22H20N4OS2. The highest BCUT2D eigenvalue weighted by Gasteiger charge is 2.16. The first kappa shape index (κ1) is 18.3. The largest absolute Gasteiger partial charge is 0.307 e. The summed E-state index contributed by atoms with van der Waals surface area (Å²) < 4.78 is 2.90. The molecule has 0 saturated heterocycles. The van der Waals surface area contributed by atoms with Gasteiger partial charge in [0.1, 0.15) is 5.82 Å². The summed E-state index contributed by atoms with van der Waals surface area (Å²) in [6.07, 6.45) is 8.16. The number of aryl methyl sites for hydroxylation is 3. The summed E-state index contributed by atoms with van der Waals surface area (Å²) >= 11 is 3.21. The number of aromatic nitrogens is 3. The van der Waals surface area contributed by atoms with Gasteiger partial charge in [0.25, 0.3) is 0 Å². The van der Waals surface area contributed by atoms with Crippen LogP contribution in [0.15, 0.2) is 41.8 Å². The first-order chi connectivity index (χ1) is 14.2. The van der Waals surface area contributed by atoms with E-state index in [0.717, 1.165) is 34.1 Å². The monoisotopic (exact) mass is 420 g/mol. The number of hydrogen-bond acceptors (Lipinski definition) is 5. The van der Waals surface area contributed by atoms with Crippen LogP contribution in [0.5, 0.6) is 0 Å². The number of nitrogens with one attached hydrogen (secondary N) is 1. The predicted molar refractivity (Wildman–Crippen MR) is 120 cm³/mol. The first-order valence-electron chi connectivity index (χ1n) is 9.68. The Bertz CT molecular complexity index is 1170. The molecule has 1 amide bonds. The zero-order chi connectivity index (χ0) is 19.8. The summed E-state index contributed by atoms with van der Waals surface area (Å²) in [5.74, 6) is 0.447. The smallest absolute Gasteiger partial charge is 0.249 e. The van der Waals surface area contributed by atoms with Crippen molar-refractivity contribution < 1.29 is 4.79 Å². The normalized spacial score (nSPS) is 13.8. The Balaban J connectivity index is 1.45. The van der Waals surface area contributed by atoms with Gasteiger partial charge in [-0.1, -0.05) is 17.4 Å². The molecule has 1 N–H and O–H groups in total. The summed E-state index contributed by atoms with van der Waals surface area (Å²) in [5.41, 5.74) is 4.71. The van der Waals surface area contributed by atoms with Crippen molar-refractivity contribution in [1.82, 2.24) is 14.8 Å². The molecule has 0 atom stereocenters. The topological polar surface area (TPSA) is 59.8 Å². The van der Waals surface area contributed by atoms with Crippen LogP contribution in [0.4, 0.5) is 5.82 Å². The number of carbonyl (C=O) groups is 1. The highest BCUT2D eigenvalue weighted by Crippen LogP contribution is 2.32. The highest BCUT2D eigenvalue weighted by atomic mass is 32.1. The second-order valence-corrected chi connectivity index (χ2v) is 9.20. The highest BCUT2D eigenvalue weighted by molar-refractivity contribution is 7.20. The molecule has 3 aromatic heterocycles. The van der Waals surface area contributed by atoms with Crippen LogP contribution < -0.4 is 5.32 Å². The number of rotatable bonds is 4. The van der Waals surface area contributed by atoms with Gasteiger partial charge in [0, 0.05) is 17.0 Å². The zero-order valence-electron chi connectivity index (χ0n) is 16.0. The van der Waals surface area contributed by atoms with Crippen LogP contribution in [0.25, 0.3) is 21.4 Å².